The molecule has 0 saturated carbocycles. The zero-order valence-corrected chi connectivity index (χ0v) is 10.3. The summed E-state index contributed by atoms with van der Waals surface area (Å²) >= 11 is 1.55. The highest BCUT2D eigenvalue weighted by molar-refractivity contribution is 7.15. The fourth-order valence-electron chi connectivity index (χ4n) is 1.61. The number of nitrogens with one attached hydrogen (secondary N) is 2. The van der Waals surface area contributed by atoms with Crippen LogP contribution in [0.15, 0.2) is 24.0 Å². The minimum atomic E-state index is -0.271. The van der Waals surface area contributed by atoms with Crippen LogP contribution >= 0.6 is 11.3 Å². The van der Waals surface area contributed by atoms with Crippen molar-refractivity contribution in [1.82, 2.24) is 30.1 Å². The van der Waals surface area contributed by atoms with Gasteiger partial charge in [-0.2, -0.15) is 15.4 Å². The van der Waals surface area contributed by atoms with Crippen molar-refractivity contribution in [2.24, 2.45) is 0 Å². The van der Waals surface area contributed by atoms with Crippen LogP contribution in [0, 0.1) is 0 Å². The van der Waals surface area contributed by atoms with Gasteiger partial charge in [0.2, 0.25) is 0 Å². The van der Waals surface area contributed by atoms with Crippen molar-refractivity contribution < 1.29 is 4.79 Å². The maximum atomic E-state index is 11.8. The maximum absolute atomic E-state index is 11.8. The predicted molar refractivity (Wildman–Crippen MR) is 65.3 cm³/mol. The second-order valence-corrected chi connectivity index (χ2v) is 4.68. The molecule has 3 heterocycles. The topological polar surface area (TPSA) is 88.0 Å². The molecule has 0 radical (unpaired) electrons. The molecule has 0 aliphatic heterocycles. The fourth-order valence-corrected chi connectivity index (χ4v) is 2.32. The molecule has 3 aromatic heterocycles. The molecule has 0 spiro atoms. The van der Waals surface area contributed by atoms with Gasteiger partial charge in [-0.3, -0.25) is 9.20 Å². The van der Waals surface area contributed by atoms with E-state index in [1.165, 1.54) is 6.20 Å². The van der Waals surface area contributed by atoms with E-state index in [9.17, 15) is 4.79 Å². The van der Waals surface area contributed by atoms with Crippen LogP contribution in [0.3, 0.4) is 0 Å². The van der Waals surface area contributed by atoms with E-state index in [-0.39, 0.29) is 17.6 Å². The van der Waals surface area contributed by atoms with Gasteiger partial charge in [0.15, 0.2) is 10.7 Å². The molecule has 0 unspecified atom stereocenters. The molecular formula is C10H10N6OS. The summed E-state index contributed by atoms with van der Waals surface area (Å²) in [5, 5.41) is 14.5. The Morgan fingerprint density at radius 3 is 3.22 bits per heavy atom. The van der Waals surface area contributed by atoms with Crippen LogP contribution in [0.4, 0.5) is 0 Å². The molecule has 1 atom stereocenters. The Morgan fingerprint density at radius 2 is 2.50 bits per heavy atom. The number of hydrogen-bond donors (Lipinski definition) is 2. The van der Waals surface area contributed by atoms with E-state index in [1.807, 2.05) is 29.1 Å². The molecule has 0 aliphatic rings. The summed E-state index contributed by atoms with van der Waals surface area (Å²) in [5.41, 5.74) is 1.08. The third-order valence-corrected chi connectivity index (χ3v) is 3.32. The van der Waals surface area contributed by atoms with Crippen LogP contribution in [0.2, 0.25) is 0 Å². The molecule has 0 bridgehead atoms. The molecule has 18 heavy (non-hydrogen) atoms. The first-order valence-corrected chi connectivity index (χ1v) is 6.21. The lowest BCUT2D eigenvalue weighted by atomic mass is 10.2. The lowest BCUT2D eigenvalue weighted by Crippen LogP contribution is -2.27. The number of thiazole rings is 1. The summed E-state index contributed by atoms with van der Waals surface area (Å²) < 4.78 is 1.93. The average Bonchev–Trinajstić information content (AvgIpc) is 3.05. The fraction of sp³-hybridized carbons (Fsp3) is 0.200. The molecule has 3 rings (SSSR count). The summed E-state index contributed by atoms with van der Waals surface area (Å²) in [6.45, 7) is 1.88. The smallest absolute Gasteiger partial charge is 0.273 e. The Hall–Kier alpha value is -2.22. The molecule has 0 aromatic carbocycles. The van der Waals surface area contributed by atoms with E-state index in [0.29, 0.717) is 0 Å². The van der Waals surface area contributed by atoms with Crippen LogP contribution < -0.4 is 5.32 Å². The minimum absolute atomic E-state index is 0.179. The van der Waals surface area contributed by atoms with Gasteiger partial charge in [0.25, 0.3) is 5.91 Å². The normalized spacial score (nSPS) is 12.7. The zero-order valence-electron chi connectivity index (χ0n) is 9.49. The lowest BCUT2D eigenvalue weighted by Gasteiger charge is -2.09. The first kappa shape index (κ1) is 10.9. The van der Waals surface area contributed by atoms with Crippen molar-refractivity contribution in [1.29, 1.82) is 0 Å². The molecule has 3 aromatic rings. The second kappa shape index (κ2) is 4.22. The Balaban J connectivity index is 1.77. The van der Waals surface area contributed by atoms with Gasteiger partial charge in [-0.15, -0.1) is 11.3 Å². The summed E-state index contributed by atoms with van der Waals surface area (Å²) in [6.07, 6.45) is 5.22. The molecule has 0 aliphatic carbocycles. The van der Waals surface area contributed by atoms with E-state index in [1.54, 1.807) is 11.3 Å². The van der Waals surface area contributed by atoms with Crippen LogP contribution in [0.1, 0.15) is 29.1 Å². The predicted octanol–water partition coefficient (Wildman–Crippen LogP) is 1.00. The number of hydrogen-bond acceptors (Lipinski definition) is 5. The van der Waals surface area contributed by atoms with Crippen LogP contribution in [-0.2, 0) is 0 Å². The Kier molecular flexibility index (Phi) is 2.56. The number of aromatic amines is 1. The molecule has 0 saturated heterocycles. The summed E-state index contributed by atoms with van der Waals surface area (Å²) in [6, 6.07) is -0.179. The highest BCUT2D eigenvalue weighted by Crippen LogP contribution is 2.16. The van der Waals surface area contributed by atoms with Crippen LogP contribution in [-0.4, -0.2) is 30.7 Å². The van der Waals surface area contributed by atoms with E-state index >= 15 is 0 Å². The van der Waals surface area contributed by atoms with E-state index in [2.05, 4.69) is 25.7 Å². The number of aromatic nitrogens is 5. The van der Waals surface area contributed by atoms with Crippen molar-refractivity contribution in [3.63, 3.8) is 0 Å². The molecule has 0 fully saturated rings. The quantitative estimate of drug-likeness (QED) is 0.737. The average molecular weight is 262 g/mol. The molecule has 92 valence electrons. The molecule has 7 nitrogen and oxygen atoms in total. The first-order valence-electron chi connectivity index (χ1n) is 5.33. The molecule has 1 amide bonds. The Labute approximate surface area is 106 Å². The molecule has 2 N–H and O–H groups in total. The number of carbonyl (C=O) groups excluding carboxylic acids is 1. The van der Waals surface area contributed by atoms with Crippen molar-refractivity contribution >= 4 is 22.2 Å². The molecular weight excluding hydrogens is 252 g/mol. The number of H-pyrrole nitrogens is 1. The standard InChI is InChI=1S/C10H10N6OS/c1-6(12-9(17)7-4-11-15-14-7)8-5-16-2-3-18-10(16)13-8/h2-6H,1H3,(H,12,17)(H,11,14,15)/t6-/m0/s1. The highest BCUT2D eigenvalue weighted by atomic mass is 32.1. The van der Waals surface area contributed by atoms with Gasteiger partial charge < -0.3 is 5.32 Å². The number of amides is 1. The first-order chi connectivity index (χ1) is 8.74. The molecule has 8 heteroatoms. The van der Waals surface area contributed by atoms with Crippen LogP contribution in [0.25, 0.3) is 4.96 Å². The Bertz CT molecular complexity index is 641. The SMILES string of the molecule is C[C@H](NC(=O)c1cn[nH]n1)c1cn2ccsc2n1. The van der Waals surface area contributed by atoms with Crippen molar-refractivity contribution in [3.05, 3.63) is 35.4 Å². The summed E-state index contributed by atoms with van der Waals surface area (Å²) in [7, 11) is 0. The van der Waals surface area contributed by atoms with Gasteiger partial charge in [-0.05, 0) is 6.92 Å². The van der Waals surface area contributed by atoms with Crippen molar-refractivity contribution in [2.45, 2.75) is 13.0 Å². The van der Waals surface area contributed by atoms with Crippen molar-refractivity contribution in [3.8, 4) is 0 Å². The number of carbonyl (C=O) groups is 1. The van der Waals surface area contributed by atoms with Gasteiger partial charge in [-0.25, -0.2) is 4.98 Å². The second-order valence-electron chi connectivity index (χ2n) is 3.81. The number of fused-ring (bicyclic) bond motifs is 1. The van der Waals surface area contributed by atoms with Crippen molar-refractivity contribution in [2.75, 3.05) is 0 Å². The summed E-state index contributed by atoms with van der Waals surface area (Å²) in [4.78, 5) is 17.1. The van der Waals surface area contributed by atoms with E-state index < -0.39 is 0 Å². The third-order valence-electron chi connectivity index (χ3n) is 2.55. The number of nitrogens with zero attached hydrogens (tertiary/aromatic N) is 4. The highest BCUT2D eigenvalue weighted by Gasteiger charge is 2.16. The Morgan fingerprint density at radius 1 is 1.61 bits per heavy atom. The number of imidazole rings is 1. The van der Waals surface area contributed by atoms with Gasteiger partial charge in [0.1, 0.15) is 0 Å². The van der Waals surface area contributed by atoms with Gasteiger partial charge in [0, 0.05) is 17.8 Å². The zero-order chi connectivity index (χ0) is 12.5. The lowest BCUT2D eigenvalue weighted by molar-refractivity contribution is 0.0934. The minimum Gasteiger partial charge on any atom is -0.342 e. The monoisotopic (exact) mass is 262 g/mol. The van der Waals surface area contributed by atoms with Crippen LogP contribution in [0.5, 0.6) is 0 Å². The number of rotatable bonds is 3. The third kappa shape index (κ3) is 1.86. The van der Waals surface area contributed by atoms with Gasteiger partial charge >= 0.3 is 0 Å². The summed E-state index contributed by atoms with van der Waals surface area (Å²) in [5.74, 6) is -0.271. The van der Waals surface area contributed by atoms with Gasteiger partial charge in [0.05, 0.1) is 17.9 Å². The largest absolute Gasteiger partial charge is 0.342 e. The van der Waals surface area contributed by atoms with E-state index in [4.69, 9.17) is 0 Å². The van der Waals surface area contributed by atoms with Gasteiger partial charge in [-0.1, -0.05) is 0 Å². The maximum Gasteiger partial charge on any atom is 0.273 e. The van der Waals surface area contributed by atoms with E-state index in [0.717, 1.165) is 10.7 Å².